The molecule has 0 unspecified atom stereocenters. The van der Waals surface area contributed by atoms with E-state index < -0.39 is 20.4 Å². The first kappa shape index (κ1) is 22.7. The molecule has 0 nitrogen and oxygen atoms in total. The molecule has 4 rings (SSSR count). The minimum Gasteiger partial charge on any atom is -0.204 e. The molecule has 1 heterocycles. The van der Waals surface area contributed by atoms with Crippen LogP contribution in [0.4, 0.5) is 8.78 Å². The molecule has 2 aromatic rings. The van der Waals surface area contributed by atoms with Crippen LogP contribution < -0.4 is 0 Å². The molecule has 1 aliphatic heterocycles. The summed E-state index contributed by atoms with van der Waals surface area (Å²) in [6.45, 7) is 2.31. The van der Waals surface area contributed by atoms with Crippen molar-refractivity contribution < 1.29 is 8.78 Å². The van der Waals surface area contributed by atoms with Crippen LogP contribution in [0.1, 0.15) is 82.6 Å². The molecule has 0 spiro atoms. The molecule has 1 saturated heterocycles. The Morgan fingerprint density at radius 2 is 1.45 bits per heavy atom. The molecule has 0 radical (unpaired) electrons. The molecule has 31 heavy (non-hydrogen) atoms. The maximum Gasteiger partial charge on any atom is 0.159 e. The minimum absolute atomic E-state index is 0.577. The van der Waals surface area contributed by atoms with Gasteiger partial charge < -0.3 is 0 Å². The van der Waals surface area contributed by atoms with Crippen LogP contribution in [0.25, 0.3) is 11.1 Å². The Morgan fingerprint density at radius 3 is 2.10 bits per heavy atom. The molecular formula is C28H38F2Si. The maximum absolute atomic E-state index is 13.5. The molecule has 0 amide bonds. The lowest BCUT2D eigenvalue weighted by Gasteiger charge is -2.37. The Morgan fingerprint density at radius 1 is 0.774 bits per heavy atom. The van der Waals surface area contributed by atoms with E-state index in [0.717, 1.165) is 22.6 Å². The van der Waals surface area contributed by atoms with Gasteiger partial charge in [0.2, 0.25) is 0 Å². The Bertz CT molecular complexity index is 815. The standard InChI is InChI=1S/C28H38F2Si/c1-2-3-4-5-21-6-13-26(14-7-21)31-18-16-24(17-19-31)22-8-10-23(11-9-22)25-12-15-27(29)28(30)20-25/h8-12,15,20-21,24,26,31H,2-7,13-14,16-19H2,1H3. The van der Waals surface area contributed by atoms with Gasteiger partial charge in [-0.25, -0.2) is 8.78 Å². The van der Waals surface area contributed by atoms with E-state index >= 15 is 0 Å². The van der Waals surface area contributed by atoms with E-state index in [1.807, 2.05) is 0 Å². The third-order valence-corrected chi connectivity index (χ3v) is 12.3. The zero-order chi connectivity index (χ0) is 21.6. The summed E-state index contributed by atoms with van der Waals surface area (Å²) < 4.78 is 26.7. The quantitative estimate of drug-likeness (QED) is 0.298. The van der Waals surface area contributed by atoms with Crippen molar-refractivity contribution in [1.29, 1.82) is 0 Å². The van der Waals surface area contributed by atoms with Crippen molar-refractivity contribution in [1.82, 2.24) is 0 Å². The fourth-order valence-electron chi connectivity index (χ4n) is 6.18. The third kappa shape index (κ3) is 5.86. The molecule has 0 bridgehead atoms. The van der Waals surface area contributed by atoms with Gasteiger partial charge in [-0.15, -0.1) is 0 Å². The lowest BCUT2D eigenvalue weighted by atomic mass is 9.85. The number of rotatable bonds is 7. The summed E-state index contributed by atoms with van der Waals surface area (Å²) in [6.07, 6.45) is 14.5. The van der Waals surface area contributed by atoms with Gasteiger partial charge >= 0.3 is 0 Å². The van der Waals surface area contributed by atoms with Crippen molar-refractivity contribution in [2.45, 2.75) is 94.7 Å². The van der Waals surface area contributed by atoms with E-state index in [0.29, 0.717) is 5.92 Å². The Hall–Kier alpha value is -1.48. The highest BCUT2D eigenvalue weighted by molar-refractivity contribution is 6.60. The molecule has 0 atom stereocenters. The lowest BCUT2D eigenvalue weighted by Crippen LogP contribution is -2.29. The second kappa shape index (κ2) is 10.9. The zero-order valence-electron chi connectivity index (χ0n) is 19.1. The maximum atomic E-state index is 13.5. The summed E-state index contributed by atoms with van der Waals surface area (Å²) in [5.74, 6) is 0.153. The fourth-order valence-corrected chi connectivity index (χ4v) is 10.4. The largest absolute Gasteiger partial charge is 0.204 e. The van der Waals surface area contributed by atoms with Crippen molar-refractivity contribution in [3.63, 3.8) is 0 Å². The molecule has 2 aliphatic rings. The van der Waals surface area contributed by atoms with E-state index in [9.17, 15) is 8.78 Å². The predicted molar refractivity (Wildman–Crippen MR) is 130 cm³/mol. The highest BCUT2D eigenvalue weighted by Gasteiger charge is 2.32. The normalized spacial score (nSPS) is 26.7. The summed E-state index contributed by atoms with van der Waals surface area (Å²) in [7, 11) is -0.577. The van der Waals surface area contributed by atoms with E-state index in [1.54, 1.807) is 6.07 Å². The molecule has 0 aromatic heterocycles. The van der Waals surface area contributed by atoms with Crippen LogP contribution in [0.5, 0.6) is 0 Å². The molecule has 0 N–H and O–H groups in total. The minimum atomic E-state index is -0.786. The van der Waals surface area contributed by atoms with Gasteiger partial charge in [-0.05, 0) is 59.0 Å². The monoisotopic (exact) mass is 440 g/mol. The van der Waals surface area contributed by atoms with Gasteiger partial charge in [-0.3, -0.25) is 0 Å². The van der Waals surface area contributed by atoms with Crippen LogP contribution in [-0.4, -0.2) is 8.80 Å². The molecular weight excluding hydrogens is 402 g/mol. The van der Waals surface area contributed by atoms with Crippen molar-refractivity contribution in [2.75, 3.05) is 0 Å². The predicted octanol–water partition coefficient (Wildman–Crippen LogP) is 8.88. The highest BCUT2D eigenvalue weighted by Crippen LogP contribution is 2.44. The van der Waals surface area contributed by atoms with E-state index in [-0.39, 0.29) is 0 Å². The molecule has 168 valence electrons. The first-order valence-corrected chi connectivity index (χ1v) is 15.0. The van der Waals surface area contributed by atoms with Crippen LogP contribution in [0.2, 0.25) is 17.6 Å². The van der Waals surface area contributed by atoms with E-state index in [2.05, 4.69) is 31.2 Å². The average Bonchev–Trinajstić information content (AvgIpc) is 2.82. The first-order valence-electron chi connectivity index (χ1n) is 12.7. The van der Waals surface area contributed by atoms with Gasteiger partial charge in [-0.1, -0.05) is 101 Å². The topological polar surface area (TPSA) is 0 Å². The van der Waals surface area contributed by atoms with Crippen LogP contribution >= 0.6 is 0 Å². The van der Waals surface area contributed by atoms with E-state index in [1.165, 1.54) is 94.0 Å². The first-order chi connectivity index (χ1) is 15.1. The number of unbranched alkanes of at least 4 members (excludes halogenated alkanes) is 2. The summed E-state index contributed by atoms with van der Waals surface area (Å²) >= 11 is 0. The van der Waals surface area contributed by atoms with Gasteiger partial charge in [0.05, 0.1) is 0 Å². The van der Waals surface area contributed by atoms with Gasteiger partial charge in [0, 0.05) is 8.80 Å². The summed E-state index contributed by atoms with van der Waals surface area (Å²) in [5.41, 5.74) is 4.24. The van der Waals surface area contributed by atoms with Crippen LogP contribution in [-0.2, 0) is 0 Å². The Balaban J connectivity index is 1.26. The number of hydrogen-bond acceptors (Lipinski definition) is 0. The van der Waals surface area contributed by atoms with Crippen molar-refractivity contribution in [2.24, 2.45) is 5.92 Å². The number of benzene rings is 2. The fraction of sp³-hybridized carbons (Fsp3) is 0.571. The van der Waals surface area contributed by atoms with E-state index in [4.69, 9.17) is 0 Å². The molecule has 2 fully saturated rings. The van der Waals surface area contributed by atoms with Gasteiger partial charge in [0.15, 0.2) is 11.6 Å². The molecule has 3 heteroatoms. The molecule has 1 saturated carbocycles. The van der Waals surface area contributed by atoms with Gasteiger partial charge in [0.1, 0.15) is 0 Å². The van der Waals surface area contributed by atoms with Crippen LogP contribution in [0, 0.1) is 17.6 Å². The number of hydrogen-bond donors (Lipinski definition) is 0. The van der Waals surface area contributed by atoms with Crippen molar-refractivity contribution >= 4 is 8.80 Å². The summed E-state index contributed by atoms with van der Waals surface area (Å²) in [4.78, 5) is 0. The van der Waals surface area contributed by atoms with Gasteiger partial charge in [-0.2, -0.15) is 0 Å². The smallest absolute Gasteiger partial charge is 0.159 e. The van der Waals surface area contributed by atoms with Crippen molar-refractivity contribution in [3.05, 3.63) is 59.7 Å². The zero-order valence-corrected chi connectivity index (χ0v) is 20.2. The second-order valence-electron chi connectivity index (χ2n) is 10.1. The van der Waals surface area contributed by atoms with Crippen molar-refractivity contribution in [3.8, 4) is 11.1 Å². The van der Waals surface area contributed by atoms with Crippen LogP contribution in [0.15, 0.2) is 42.5 Å². The SMILES string of the molecule is CCCCCC1CCC([SiH]2CCC(c3ccc(-c4ccc(F)c(F)c4)cc3)CC2)CC1. The second-order valence-corrected chi connectivity index (χ2v) is 13.8. The highest BCUT2D eigenvalue weighted by atomic mass is 28.3. The van der Waals surface area contributed by atoms with Crippen LogP contribution in [0.3, 0.4) is 0 Å². The molecule has 2 aromatic carbocycles. The van der Waals surface area contributed by atoms with Gasteiger partial charge in [0.25, 0.3) is 0 Å². The summed E-state index contributed by atoms with van der Waals surface area (Å²) in [5, 5.41) is 0. The third-order valence-electron chi connectivity index (χ3n) is 8.18. The lowest BCUT2D eigenvalue weighted by molar-refractivity contribution is 0.325. The Kier molecular flexibility index (Phi) is 7.98. The average molecular weight is 441 g/mol. The number of halogens is 2. The Labute approximate surface area is 189 Å². The summed E-state index contributed by atoms with van der Waals surface area (Å²) in [6, 6.07) is 15.8. The molecule has 1 aliphatic carbocycles.